The van der Waals surface area contributed by atoms with Crippen LogP contribution in [0.2, 0.25) is 0 Å². The Morgan fingerprint density at radius 3 is 2.61 bits per heavy atom. The summed E-state index contributed by atoms with van der Waals surface area (Å²) in [6.45, 7) is 9.26. The molecule has 2 aromatic carbocycles. The Balaban J connectivity index is 2.46. The Morgan fingerprint density at radius 1 is 1.17 bits per heavy atom. The number of fused-ring (bicyclic) bond motifs is 1. The lowest BCUT2D eigenvalue weighted by atomic mass is 9.95. The second-order valence-electron chi connectivity index (χ2n) is 4.84. The molecule has 18 heavy (non-hydrogen) atoms. The molecule has 2 aromatic rings. The zero-order valence-corrected chi connectivity index (χ0v) is 11.2. The van der Waals surface area contributed by atoms with E-state index in [1.165, 1.54) is 21.9 Å². The quantitative estimate of drug-likeness (QED) is 0.760. The van der Waals surface area contributed by atoms with Crippen LogP contribution in [0.15, 0.2) is 54.6 Å². The van der Waals surface area contributed by atoms with E-state index in [1.54, 1.807) is 0 Å². The summed E-state index contributed by atoms with van der Waals surface area (Å²) in [5, 5.41) is 6.21. The third kappa shape index (κ3) is 2.80. The van der Waals surface area contributed by atoms with E-state index in [2.05, 4.69) is 68.2 Å². The number of benzene rings is 2. The molecule has 0 bridgehead atoms. The van der Waals surface area contributed by atoms with Crippen molar-refractivity contribution in [3.05, 3.63) is 60.2 Å². The van der Waals surface area contributed by atoms with E-state index >= 15 is 0 Å². The van der Waals surface area contributed by atoms with Crippen molar-refractivity contribution < 1.29 is 0 Å². The van der Waals surface area contributed by atoms with Gasteiger partial charge in [-0.1, -0.05) is 55.0 Å². The molecule has 1 N–H and O–H groups in total. The monoisotopic (exact) mass is 239 g/mol. The highest BCUT2D eigenvalue weighted by molar-refractivity contribution is 5.86. The molecule has 0 amide bonds. The van der Waals surface area contributed by atoms with Gasteiger partial charge in [0.25, 0.3) is 0 Å². The minimum atomic E-state index is 0.360. The molecule has 1 nitrogen and oxygen atoms in total. The average Bonchev–Trinajstić information content (AvgIpc) is 2.37. The summed E-state index contributed by atoms with van der Waals surface area (Å²) in [6.07, 6.45) is 0.988. The van der Waals surface area contributed by atoms with Crippen molar-refractivity contribution in [2.24, 2.45) is 0 Å². The van der Waals surface area contributed by atoms with Crippen LogP contribution in [0.4, 0.5) is 0 Å². The molecular formula is C17H21N. The van der Waals surface area contributed by atoms with E-state index in [1.807, 2.05) is 0 Å². The summed E-state index contributed by atoms with van der Waals surface area (Å²) in [7, 11) is 0. The molecule has 0 saturated carbocycles. The third-order valence-corrected chi connectivity index (χ3v) is 3.20. The van der Waals surface area contributed by atoms with Gasteiger partial charge in [0.05, 0.1) is 0 Å². The summed E-state index contributed by atoms with van der Waals surface area (Å²) in [5.74, 6) is 0. The molecule has 0 saturated heterocycles. The molecular weight excluding hydrogens is 218 g/mol. The molecule has 0 spiro atoms. The molecule has 1 unspecified atom stereocenters. The fourth-order valence-electron chi connectivity index (χ4n) is 2.44. The molecule has 2 rings (SSSR count). The molecule has 94 valence electrons. The Hall–Kier alpha value is -1.60. The van der Waals surface area contributed by atoms with Gasteiger partial charge in [0.1, 0.15) is 0 Å². The van der Waals surface area contributed by atoms with E-state index in [-0.39, 0.29) is 0 Å². The van der Waals surface area contributed by atoms with E-state index < -0.39 is 0 Å². The Bertz CT molecular complexity index is 537. The molecule has 1 atom stereocenters. The van der Waals surface area contributed by atoms with Crippen LogP contribution >= 0.6 is 0 Å². The van der Waals surface area contributed by atoms with Gasteiger partial charge >= 0.3 is 0 Å². The lowest BCUT2D eigenvalue weighted by Crippen LogP contribution is -2.21. The van der Waals surface area contributed by atoms with Crippen molar-refractivity contribution in [3.63, 3.8) is 0 Å². The Labute approximate surface area is 110 Å². The first-order chi connectivity index (χ1) is 8.72. The first-order valence-corrected chi connectivity index (χ1v) is 6.57. The lowest BCUT2D eigenvalue weighted by molar-refractivity contribution is 0.552. The predicted molar refractivity (Wildman–Crippen MR) is 79.8 cm³/mol. The second kappa shape index (κ2) is 5.83. The zero-order chi connectivity index (χ0) is 13.0. The van der Waals surface area contributed by atoms with Crippen molar-refractivity contribution >= 4 is 10.8 Å². The van der Waals surface area contributed by atoms with Gasteiger partial charge in [-0.2, -0.15) is 0 Å². The molecule has 0 aliphatic heterocycles. The largest absolute Gasteiger partial charge is 0.310 e. The SMILES string of the molecule is C=C(C)CC(NCC)c1cccc2ccccc12. The molecule has 0 heterocycles. The molecule has 1 heteroatoms. The van der Waals surface area contributed by atoms with Gasteiger partial charge in [-0.05, 0) is 36.2 Å². The third-order valence-electron chi connectivity index (χ3n) is 3.20. The highest BCUT2D eigenvalue weighted by Crippen LogP contribution is 2.27. The lowest BCUT2D eigenvalue weighted by Gasteiger charge is -2.20. The second-order valence-corrected chi connectivity index (χ2v) is 4.84. The minimum absolute atomic E-state index is 0.360. The van der Waals surface area contributed by atoms with E-state index in [0.717, 1.165) is 13.0 Å². The predicted octanol–water partition coefficient (Wildman–Crippen LogP) is 4.46. The summed E-state index contributed by atoms with van der Waals surface area (Å²) in [5.41, 5.74) is 2.59. The first kappa shape index (κ1) is 12.8. The van der Waals surface area contributed by atoms with E-state index in [9.17, 15) is 0 Å². The van der Waals surface area contributed by atoms with Crippen molar-refractivity contribution in [3.8, 4) is 0 Å². The van der Waals surface area contributed by atoms with Crippen molar-refractivity contribution in [2.75, 3.05) is 6.54 Å². The molecule has 0 radical (unpaired) electrons. The first-order valence-electron chi connectivity index (χ1n) is 6.57. The van der Waals surface area contributed by atoms with E-state index in [4.69, 9.17) is 0 Å². The van der Waals surface area contributed by atoms with Crippen LogP contribution in [-0.4, -0.2) is 6.54 Å². The summed E-state index contributed by atoms with van der Waals surface area (Å²) < 4.78 is 0. The molecule has 0 fully saturated rings. The fourth-order valence-corrected chi connectivity index (χ4v) is 2.44. The van der Waals surface area contributed by atoms with Gasteiger partial charge in [0.2, 0.25) is 0 Å². The standard InChI is InChI=1S/C17H21N/c1-4-18-17(12-13(2)3)16-11-7-9-14-8-5-6-10-15(14)16/h5-11,17-18H,2,4,12H2,1,3H3. The van der Waals surface area contributed by atoms with Crippen LogP contribution in [0, 0.1) is 0 Å². The number of rotatable bonds is 5. The van der Waals surface area contributed by atoms with Crippen molar-refractivity contribution in [1.82, 2.24) is 5.32 Å². The molecule has 0 aliphatic carbocycles. The highest BCUT2D eigenvalue weighted by atomic mass is 14.9. The van der Waals surface area contributed by atoms with Crippen molar-refractivity contribution in [1.29, 1.82) is 0 Å². The van der Waals surface area contributed by atoms with E-state index in [0.29, 0.717) is 6.04 Å². The van der Waals surface area contributed by atoms with Gasteiger partial charge in [-0.15, -0.1) is 6.58 Å². The van der Waals surface area contributed by atoms with Gasteiger partial charge < -0.3 is 5.32 Å². The minimum Gasteiger partial charge on any atom is -0.310 e. The van der Waals surface area contributed by atoms with Gasteiger partial charge in [0.15, 0.2) is 0 Å². The van der Waals surface area contributed by atoms with Crippen LogP contribution in [0.5, 0.6) is 0 Å². The maximum atomic E-state index is 4.04. The maximum Gasteiger partial charge on any atom is 0.0363 e. The van der Waals surface area contributed by atoms with Crippen LogP contribution in [0.3, 0.4) is 0 Å². The van der Waals surface area contributed by atoms with Crippen LogP contribution in [0.25, 0.3) is 10.8 Å². The van der Waals surface area contributed by atoms with Gasteiger partial charge in [0, 0.05) is 6.04 Å². The number of hydrogen-bond donors (Lipinski definition) is 1. The smallest absolute Gasteiger partial charge is 0.0363 e. The van der Waals surface area contributed by atoms with Crippen LogP contribution in [0.1, 0.15) is 31.9 Å². The average molecular weight is 239 g/mol. The summed E-state index contributed by atoms with van der Waals surface area (Å²) >= 11 is 0. The number of nitrogens with one attached hydrogen (secondary N) is 1. The highest BCUT2D eigenvalue weighted by Gasteiger charge is 2.12. The van der Waals surface area contributed by atoms with Gasteiger partial charge in [-0.3, -0.25) is 0 Å². The molecule has 0 aromatic heterocycles. The number of hydrogen-bond acceptors (Lipinski definition) is 1. The Kier molecular flexibility index (Phi) is 4.16. The van der Waals surface area contributed by atoms with Crippen LogP contribution < -0.4 is 5.32 Å². The Morgan fingerprint density at radius 2 is 1.89 bits per heavy atom. The van der Waals surface area contributed by atoms with Gasteiger partial charge in [-0.25, -0.2) is 0 Å². The normalized spacial score (nSPS) is 12.6. The topological polar surface area (TPSA) is 12.0 Å². The van der Waals surface area contributed by atoms with Crippen molar-refractivity contribution in [2.45, 2.75) is 26.3 Å². The maximum absolute atomic E-state index is 4.04. The summed E-state index contributed by atoms with van der Waals surface area (Å²) in [6, 6.07) is 15.5. The zero-order valence-electron chi connectivity index (χ0n) is 11.2. The fraction of sp³-hybridized carbons (Fsp3) is 0.294. The summed E-state index contributed by atoms with van der Waals surface area (Å²) in [4.78, 5) is 0. The van der Waals surface area contributed by atoms with Crippen LogP contribution in [-0.2, 0) is 0 Å². The molecule has 0 aliphatic rings.